The van der Waals surface area contributed by atoms with Crippen molar-refractivity contribution < 1.29 is 4.74 Å². The fourth-order valence-corrected chi connectivity index (χ4v) is 3.57. The van der Waals surface area contributed by atoms with Gasteiger partial charge in [-0.1, -0.05) is 12.1 Å². The maximum atomic E-state index is 5.15. The molecule has 3 heterocycles. The highest BCUT2D eigenvalue weighted by Gasteiger charge is 2.22. The molecule has 1 aliphatic heterocycles. The van der Waals surface area contributed by atoms with Gasteiger partial charge in [0, 0.05) is 38.5 Å². The molecule has 2 aromatic heterocycles. The van der Waals surface area contributed by atoms with Crippen molar-refractivity contribution in [1.82, 2.24) is 35.2 Å². The fourth-order valence-electron chi connectivity index (χ4n) is 3.57. The van der Waals surface area contributed by atoms with Gasteiger partial charge in [-0.15, -0.1) is 0 Å². The summed E-state index contributed by atoms with van der Waals surface area (Å²) < 4.78 is 8.98. The van der Waals surface area contributed by atoms with Crippen LogP contribution < -0.4 is 10.6 Å². The van der Waals surface area contributed by atoms with Gasteiger partial charge in [-0.05, 0) is 37.1 Å². The minimum Gasteiger partial charge on any atom is -0.377 e. The van der Waals surface area contributed by atoms with E-state index in [4.69, 9.17) is 9.73 Å². The number of fused-ring (bicyclic) bond motifs is 1. The number of guanidine groups is 1. The first-order valence-electron chi connectivity index (χ1n) is 10.3. The number of nitrogens with zero attached hydrogens (tertiary/aromatic N) is 6. The first-order valence-corrected chi connectivity index (χ1v) is 10.3. The molecule has 0 aliphatic carbocycles. The zero-order valence-corrected chi connectivity index (χ0v) is 17.5. The first-order chi connectivity index (χ1) is 14.7. The van der Waals surface area contributed by atoms with E-state index in [2.05, 4.69) is 44.9 Å². The highest BCUT2D eigenvalue weighted by Crippen LogP contribution is 2.14. The Morgan fingerprint density at radius 1 is 1.33 bits per heavy atom. The van der Waals surface area contributed by atoms with Gasteiger partial charge in [0.25, 0.3) is 0 Å². The van der Waals surface area contributed by atoms with Gasteiger partial charge in [-0.25, -0.2) is 19.3 Å². The van der Waals surface area contributed by atoms with E-state index in [0.29, 0.717) is 13.2 Å². The predicted octanol–water partition coefficient (Wildman–Crippen LogP) is 1.68. The van der Waals surface area contributed by atoms with Crippen molar-refractivity contribution in [2.24, 2.45) is 4.99 Å². The molecule has 0 radical (unpaired) electrons. The lowest BCUT2D eigenvalue weighted by Crippen LogP contribution is -2.47. The topological polar surface area (TPSA) is 94.2 Å². The van der Waals surface area contributed by atoms with E-state index < -0.39 is 0 Å². The Hall–Kier alpha value is -3.20. The second kappa shape index (κ2) is 9.53. The molecule has 1 aliphatic rings. The number of aliphatic imine (C=N–C) groups is 1. The highest BCUT2D eigenvalue weighted by atomic mass is 16.5. The molecule has 3 aromatic rings. The summed E-state index contributed by atoms with van der Waals surface area (Å²) in [4.78, 5) is 9.33. The SMILES string of the molecule is CCNC(=NCc1cccc(-n2cccn2)c1)NC1CCc2nc(COC)nn2C1. The number of benzene rings is 1. The lowest BCUT2D eigenvalue weighted by Gasteiger charge is -2.25. The number of ether oxygens (including phenoxy) is 1. The molecule has 158 valence electrons. The van der Waals surface area contributed by atoms with Crippen molar-refractivity contribution in [3.05, 3.63) is 59.9 Å². The molecule has 1 atom stereocenters. The van der Waals surface area contributed by atoms with Crippen molar-refractivity contribution in [3.8, 4) is 5.69 Å². The molecule has 2 N–H and O–H groups in total. The van der Waals surface area contributed by atoms with Crippen molar-refractivity contribution in [1.29, 1.82) is 0 Å². The lowest BCUT2D eigenvalue weighted by molar-refractivity contribution is 0.177. The Kier molecular flexibility index (Phi) is 6.38. The third-order valence-electron chi connectivity index (χ3n) is 4.96. The molecule has 0 amide bonds. The summed E-state index contributed by atoms with van der Waals surface area (Å²) in [6.45, 7) is 4.68. The zero-order chi connectivity index (χ0) is 20.8. The second-order valence-electron chi connectivity index (χ2n) is 7.26. The number of hydrogen-bond donors (Lipinski definition) is 2. The van der Waals surface area contributed by atoms with E-state index in [-0.39, 0.29) is 6.04 Å². The normalized spacial score (nSPS) is 16.3. The van der Waals surface area contributed by atoms with E-state index in [1.807, 2.05) is 33.8 Å². The number of methoxy groups -OCH3 is 1. The van der Waals surface area contributed by atoms with Gasteiger partial charge in [0.15, 0.2) is 11.8 Å². The Bertz CT molecular complexity index is 979. The van der Waals surface area contributed by atoms with Crippen LogP contribution in [-0.2, 0) is 30.9 Å². The monoisotopic (exact) mass is 408 g/mol. The Morgan fingerprint density at radius 2 is 2.27 bits per heavy atom. The summed E-state index contributed by atoms with van der Waals surface area (Å²) in [5.41, 5.74) is 2.16. The molecule has 1 unspecified atom stereocenters. The van der Waals surface area contributed by atoms with E-state index >= 15 is 0 Å². The van der Waals surface area contributed by atoms with Crippen LogP contribution in [0.1, 0.15) is 30.6 Å². The summed E-state index contributed by atoms with van der Waals surface area (Å²) in [7, 11) is 1.66. The molecule has 0 fully saturated rings. The summed E-state index contributed by atoms with van der Waals surface area (Å²) in [5.74, 6) is 2.58. The predicted molar refractivity (Wildman–Crippen MR) is 114 cm³/mol. The van der Waals surface area contributed by atoms with Gasteiger partial charge in [-0.2, -0.15) is 10.2 Å². The number of aromatic nitrogens is 5. The van der Waals surface area contributed by atoms with E-state index in [9.17, 15) is 0 Å². The van der Waals surface area contributed by atoms with E-state index in [1.165, 1.54) is 0 Å². The highest BCUT2D eigenvalue weighted by molar-refractivity contribution is 5.80. The molecule has 0 bridgehead atoms. The van der Waals surface area contributed by atoms with E-state index in [0.717, 1.165) is 54.8 Å². The summed E-state index contributed by atoms with van der Waals surface area (Å²) >= 11 is 0. The average molecular weight is 409 g/mol. The molecule has 0 saturated carbocycles. The minimum absolute atomic E-state index is 0.253. The third-order valence-corrected chi connectivity index (χ3v) is 4.96. The number of nitrogens with one attached hydrogen (secondary N) is 2. The first kappa shape index (κ1) is 20.1. The summed E-state index contributed by atoms with van der Waals surface area (Å²) in [6, 6.07) is 10.4. The van der Waals surface area contributed by atoms with Crippen LogP contribution >= 0.6 is 0 Å². The van der Waals surface area contributed by atoms with Crippen LogP contribution in [0.3, 0.4) is 0 Å². The third kappa shape index (κ3) is 4.85. The summed E-state index contributed by atoms with van der Waals surface area (Å²) in [5, 5.41) is 15.7. The van der Waals surface area contributed by atoms with Crippen LogP contribution in [-0.4, -0.2) is 50.2 Å². The van der Waals surface area contributed by atoms with Crippen molar-refractivity contribution >= 4 is 5.96 Å². The number of aryl methyl sites for hydroxylation is 1. The summed E-state index contributed by atoms with van der Waals surface area (Å²) in [6.07, 6.45) is 5.60. The van der Waals surface area contributed by atoms with Gasteiger partial charge in [0.2, 0.25) is 0 Å². The van der Waals surface area contributed by atoms with Crippen molar-refractivity contribution in [3.63, 3.8) is 0 Å². The largest absolute Gasteiger partial charge is 0.377 e. The Balaban J connectivity index is 1.41. The quantitative estimate of drug-likeness (QED) is 0.456. The molecular formula is C21H28N8O. The van der Waals surface area contributed by atoms with Crippen LogP contribution in [0.15, 0.2) is 47.7 Å². The van der Waals surface area contributed by atoms with Gasteiger partial charge in [0.05, 0.1) is 18.8 Å². The molecule has 4 rings (SSSR count). The maximum absolute atomic E-state index is 5.15. The van der Waals surface area contributed by atoms with Crippen LogP contribution in [0.2, 0.25) is 0 Å². The van der Waals surface area contributed by atoms with Gasteiger partial charge in [0.1, 0.15) is 12.4 Å². The second-order valence-corrected chi connectivity index (χ2v) is 7.26. The molecule has 0 spiro atoms. The molecule has 0 saturated heterocycles. The average Bonchev–Trinajstić information content (AvgIpc) is 3.42. The molecular weight excluding hydrogens is 380 g/mol. The van der Waals surface area contributed by atoms with Crippen molar-refractivity contribution in [2.45, 2.75) is 45.5 Å². The number of rotatable bonds is 7. The van der Waals surface area contributed by atoms with Gasteiger partial charge >= 0.3 is 0 Å². The molecule has 9 heteroatoms. The smallest absolute Gasteiger partial charge is 0.191 e. The number of hydrogen-bond acceptors (Lipinski definition) is 5. The van der Waals surface area contributed by atoms with Crippen LogP contribution in [0.25, 0.3) is 5.69 Å². The van der Waals surface area contributed by atoms with Crippen LogP contribution in [0.4, 0.5) is 0 Å². The fraction of sp³-hybridized carbons (Fsp3) is 0.429. The Morgan fingerprint density at radius 3 is 3.07 bits per heavy atom. The Labute approximate surface area is 176 Å². The van der Waals surface area contributed by atoms with Crippen LogP contribution in [0.5, 0.6) is 0 Å². The maximum Gasteiger partial charge on any atom is 0.191 e. The minimum atomic E-state index is 0.253. The lowest BCUT2D eigenvalue weighted by atomic mass is 10.1. The van der Waals surface area contributed by atoms with Gasteiger partial charge < -0.3 is 15.4 Å². The van der Waals surface area contributed by atoms with Crippen LogP contribution in [0, 0.1) is 0 Å². The van der Waals surface area contributed by atoms with Gasteiger partial charge in [-0.3, -0.25) is 0 Å². The van der Waals surface area contributed by atoms with E-state index in [1.54, 1.807) is 13.3 Å². The molecule has 30 heavy (non-hydrogen) atoms. The molecule has 1 aromatic carbocycles. The molecule has 9 nitrogen and oxygen atoms in total. The van der Waals surface area contributed by atoms with Crippen molar-refractivity contribution in [2.75, 3.05) is 13.7 Å². The zero-order valence-electron chi connectivity index (χ0n) is 17.5. The standard InChI is InChI=1S/C21H28N8O/c1-3-22-21(23-13-16-6-4-7-18(12-16)28-11-5-10-24-28)25-17-8-9-20-26-19(15-30-2)27-29(20)14-17/h4-7,10-12,17H,3,8-9,13-15H2,1-2H3,(H2,22,23,25).